The summed E-state index contributed by atoms with van der Waals surface area (Å²) in [7, 11) is 0. The van der Waals surface area contributed by atoms with Gasteiger partial charge in [-0.15, -0.1) is 5.10 Å². The molecule has 3 aromatic carbocycles. The quantitative estimate of drug-likeness (QED) is 0.282. The predicted molar refractivity (Wildman–Crippen MR) is 168 cm³/mol. The van der Waals surface area contributed by atoms with Crippen LogP contribution in [0, 0.1) is 12.8 Å². The number of para-hydroxylation sites is 1. The van der Waals surface area contributed by atoms with Crippen LogP contribution < -0.4 is 10.2 Å². The van der Waals surface area contributed by atoms with Crippen molar-refractivity contribution in [3.63, 3.8) is 0 Å². The molecule has 2 amide bonds. The summed E-state index contributed by atoms with van der Waals surface area (Å²) in [6.07, 6.45) is 6.73. The highest BCUT2D eigenvalue weighted by atomic mass is 16.5. The normalized spacial score (nSPS) is 17.5. The number of rotatable bonds is 9. The molecule has 6 rings (SSSR count). The lowest BCUT2D eigenvalue weighted by molar-refractivity contribution is -0.142. The zero-order valence-electron chi connectivity index (χ0n) is 24.6. The predicted octanol–water partition coefficient (Wildman–Crippen LogP) is 4.97. The lowest BCUT2D eigenvalue weighted by Gasteiger charge is -2.37. The molecule has 1 saturated heterocycles. The first-order valence-electron chi connectivity index (χ1n) is 15.1. The summed E-state index contributed by atoms with van der Waals surface area (Å²) in [6.45, 7) is 5.48. The van der Waals surface area contributed by atoms with Gasteiger partial charge in [-0.1, -0.05) is 53.8 Å². The number of hydrogen-bond acceptors (Lipinski definition) is 6. The van der Waals surface area contributed by atoms with Gasteiger partial charge in [0.05, 0.1) is 18.7 Å². The summed E-state index contributed by atoms with van der Waals surface area (Å²) >= 11 is 0. The second-order valence-corrected chi connectivity index (χ2v) is 11.3. The highest BCUT2D eigenvalue weighted by Gasteiger charge is 2.37. The SMILES string of the molecule is Cc1ccccc1CN(C(=O)Cn1nnc2ccccc21)[C@H](C(=O)Nc1ccc(N2CCOCC2)cc1)[C@H]1CC=CCC1. The summed E-state index contributed by atoms with van der Waals surface area (Å²) in [5, 5.41) is 11.7. The van der Waals surface area contributed by atoms with Crippen LogP contribution in [0.25, 0.3) is 11.0 Å². The van der Waals surface area contributed by atoms with Gasteiger partial charge >= 0.3 is 0 Å². The van der Waals surface area contributed by atoms with Crippen LogP contribution in [0.5, 0.6) is 0 Å². The molecule has 0 bridgehead atoms. The fraction of sp³-hybridized carbons (Fsp3) is 0.353. The van der Waals surface area contributed by atoms with E-state index in [2.05, 4.69) is 32.7 Å². The maximum atomic E-state index is 14.3. The molecule has 1 aromatic heterocycles. The van der Waals surface area contributed by atoms with Gasteiger partial charge in [-0.25, -0.2) is 4.68 Å². The molecule has 1 aliphatic carbocycles. The molecular weight excluding hydrogens is 540 g/mol. The van der Waals surface area contributed by atoms with Crippen molar-refractivity contribution in [3.8, 4) is 0 Å². The number of hydrogen-bond donors (Lipinski definition) is 1. The fourth-order valence-electron chi connectivity index (χ4n) is 6.07. The van der Waals surface area contributed by atoms with Crippen LogP contribution in [0.2, 0.25) is 0 Å². The van der Waals surface area contributed by atoms with Crippen molar-refractivity contribution in [2.75, 3.05) is 36.5 Å². The van der Waals surface area contributed by atoms with E-state index in [0.717, 1.165) is 60.2 Å². The first-order valence-corrected chi connectivity index (χ1v) is 15.1. The molecule has 1 aliphatic heterocycles. The van der Waals surface area contributed by atoms with E-state index in [-0.39, 0.29) is 24.3 Å². The Morgan fingerprint density at radius 3 is 2.53 bits per heavy atom. The molecule has 2 aliphatic rings. The Hall–Kier alpha value is -4.50. The molecule has 9 heteroatoms. The van der Waals surface area contributed by atoms with E-state index in [9.17, 15) is 9.59 Å². The van der Waals surface area contributed by atoms with Crippen molar-refractivity contribution in [2.24, 2.45) is 5.92 Å². The van der Waals surface area contributed by atoms with Crippen LogP contribution in [-0.2, 0) is 27.4 Å². The molecule has 0 unspecified atom stereocenters. The summed E-state index contributed by atoms with van der Waals surface area (Å²) in [4.78, 5) is 32.5. The average Bonchev–Trinajstić information content (AvgIpc) is 3.45. The number of nitrogens with one attached hydrogen (secondary N) is 1. The maximum Gasteiger partial charge on any atom is 0.247 e. The number of nitrogens with zero attached hydrogens (tertiary/aromatic N) is 5. The van der Waals surface area contributed by atoms with Crippen LogP contribution in [0.15, 0.2) is 84.9 Å². The maximum absolute atomic E-state index is 14.3. The summed E-state index contributed by atoms with van der Waals surface area (Å²) in [5.74, 6) is -0.362. The number of amides is 2. The lowest BCUT2D eigenvalue weighted by atomic mass is 9.85. The molecule has 0 radical (unpaired) electrons. The molecule has 0 saturated carbocycles. The number of carbonyl (C=O) groups excluding carboxylic acids is 2. The van der Waals surface area contributed by atoms with E-state index in [1.54, 1.807) is 9.58 Å². The Bertz CT molecular complexity index is 1590. The van der Waals surface area contributed by atoms with Crippen LogP contribution in [0.4, 0.5) is 11.4 Å². The molecule has 4 aromatic rings. The molecular formula is C34H38N6O3. The zero-order valence-corrected chi connectivity index (χ0v) is 24.6. The standard InChI is InChI=1S/C34H38N6O3/c1-25-9-5-6-12-27(25)23-39(32(41)24-40-31-14-8-7-13-30(31)36-37-40)33(26-10-3-2-4-11-26)34(42)35-28-15-17-29(18-16-28)38-19-21-43-22-20-38/h2-3,5-9,12-18,26,33H,4,10-11,19-24H2,1H3,(H,35,42)/t26-,33-/m0/s1. The lowest BCUT2D eigenvalue weighted by Crippen LogP contribution is -2.52. The van der Waals surface area contributed by atoms with Gasteiger partial charge in [-0.05, 0) is 79.6 Å². The number of ether oxygens (including phenoxy) is 1. The van der Waals surface area contributed by atoms with E-state index in [1.165, 1.54) is 0 Å². The molecule has 0 spiro atoms. The molecule has 9 nitrogen and oxygen atoms in total. The van der Waals surface area contributed by atoms with Gasteiger partial charge in [-0.2, -0.15) is 0 Å². The van der Waals surface area contributed by atoms with Crippen molar-refractivity contribution < 1.29 is 14.3 Å². The van der Waals surface area contributed by atoms with Gasteiger partial charge < -0.3 is 19.9 Å². The van der Waals surface area contributed by atoms with Crippen LogP contribution in [-0.4, -0.2) is 64.1 Å². The molecule has 1 fully saturated rings. The van der Waals surface area contributed by atoms with Crippen molar-refractivity contribution >= 4 is 34.2 Å². The van der Waals surface area contributed by atoms with Crippen molar-refractivity contribution in [1.29, 1.82) is 0 Å². The Kier molecular flexibility index (Phi) is 8.79. The Labute approximate surface area is 252 Å². The van der Waals surface area contributed by atoms with Crippen LogP contribution in [0.3, 0.4) is 0 Å². The fourth-order valence-corrected chi connectivity index (χ4v) is 6.07. The van der Waals surface area contributed by atoms with Gasteiger partial charge in [0.15, 0.2) is 0 Å². The molecule has 1 N–H and O–H groups in total. The van der Waals surface area contributed by atoms with Crippen molar-refractivity contribution in [1.82, 2.24) is 19.9 Å². The number of fused-ring (bicyclic) bond motifs is 1. The minimum absolute atomic E-state index is 0.00696. The molecule has 2 atom stereocenters. The second kappa shape index (κ2) is 13.2. The van der Waals surface area contributed by atoms with Crippen molar-refractivity contribution in [2.45, 2.75) is 45.3 Å². The highest BCUT2D eigenvalue weighted by molar-refractivity contribution is 5.97. The second-order valence-electron chi connectivity index (χ2n) is 11.3. The number of morpholine rings is 1. The van der Waals surface area contributed by atoms with Crippen LogP contribution >= 0.6 is 0 Å². The highest BCUT2D eigenvalue weighted by Crippen LogP contribution is 2.29. The van der Waals surface area contributed by atoms with E-state index >= 15 is 0 Å². The van der Waals surface area contributed by atoms with E-state index in [4.69, 9.17) is 4.74 Å². The van der Waals surface area contributed by atoms with E-state index < -0.39 is 6.04 Å². The summed E-state index contributed by atoms with van der Waals surface area (Å²) in [6, 6.07) is 22.9. The largest absolute Gasteiger partial charge is 0.378 e. The first-order chi connectivity index (χ1) is 21.1. The van der Waals surface area contributed by atoms with Gasteiger partial charge in [0.2, 0.25) is 11.8 Å². The van der Waals surface area contributed by atoms with Gasteiger partial charge in [0, 0.05) is 31.0 Å². The third-order valence-electron chi connectivity index (χ3n) is 8.50. The number of aryl methyl sites for hydroxylation is 1. The number of benzene rings is 3. The Balaban J connectivity index is 1.30. The minimum Gasteiger partial charge on any atom is -0.378 e. The number of carbonyl (C=O) groups is 2. The van der Waals surface area contributed by atoms with Gasteiger partial charge in [0.1, 0.15) is 18.1 Å². The monoisotopic (exact) mass is 578 g/mol. The molecule has 43 heavy (non-hydrogen) atoms. The topological polar surface area (TPSA) is 92.6 Å². The van der Waals surface area contributed by atoms with E-state index in [1.807, 2.05) is 79.7 Å². The van der Waals surface area contributed by atoms with Crippen molar-refractivity contribution in [3.05, 3.63) is 96.1 Å². The first kappa shape index (κ1) is 28.6. The number of anilines is 2. The Morgan fingerprint density at radius 1 is 1.00 bits per heavy atom. The number of aromatic nitrogens is 3. The smallest absolute Gasteiger partial charge is 0.247 e. The molecule has 2 heterocycles. The zero-order chi connectivity index (χ0) is 29.6. The van der Waals surface area contributed by atoms with E-state index in [0.29, 0.717) is 25.4 Å². The Morgan fingerprint density at radius 2 is 1.77 bits per heavy atom. The van der Waals surface area contributed by atoms with Gasteiger partial charge in [-0.3, -0.25) is 9.59 Å². The third-order valence-corrected chi connectivity index (χ3v) is 8.50. The number of allylic oxidation sites excluding steroid dienone is 2. The summed E-state index contributed by atoms with van der Waals surface area (Å²) in [5.41, 5.74) is 5.42. The van der Waals surface area contributed by atoms with Crippen LogP contribution in [0.1, 0.15) is 30.4 Å². The van der Waals surface area contributed by atoms with Gasteiger partial charge in [0.25, 0.3) is 0 Å². The third kappa shape index (κ3) is 6.62. The molecule has 222 valence electrons. The summed E-state index contributed by atoms with van der Waals surface area (Å²) < 4.78 is 7.11. The minimum atomic E-state index is -0.661. The average molecular weight is 579 g/mol.